The molecule has 1 aromatic heterocycles. The molecule has 1 aliphatic heterocycles. The van der Waals surface area contributed by atoms with Crippen molar-refractivity contribution >= 4 is 29.0 Å². The molecule has 0 radical (unpaired) electrons. The molecule has 0 bridgehead atoms. The number of aryl methyl sites for hydroxylation is 1. The highest BCUT2D eigenvalue weighted by molar-refractivity contribution is 8.01. The van der Waals surface area contributed by atoms with Gasteiger partial charge in [0.25, 0.3) is 0 Å². The van der Waals surface area contributed by atoms with Crippen molar-refractivity contribution in [3.05, 3.63) is 5.01 Å². The largest absolute Gasteiger partial charge is 0.394 e. The lowest BCUT2D eigenvalue weighted by Crippen LogP contribution is -2.39. The average Bonchev–Trinajstić information content (AvgIpc) is 3.04. The van der Waals surface area contributed by atoms with Crippen LogP contribution in [0.2, 0.25) is 0 Å². The van der Waals surface area contributed by atoms with Crippen molar-refractivity contribution in [3.8, 4) is 0 Å². The Balaban J connectivity index is 1.81. The summed E-state index contributed by atoms with van der Waals surface area (Å²) in [6.07, 6.45) is 1.32. The molecule has 2 atom stereocenters. The van der Waals surface area contributed by atoms with Gasteiger partial charge in [0.05, 0.1) is 12.6 Å². The predicted molar refractivity (Wildman–Crippen MR) is 84.7 cm³/mol. The van der Waals surface area contributed by atoms with Gasteiger partial charge in [-0.3, -0.25) is 4.79 Å². The van der Waals surface area contributed by atoms with Crippen molar-refractivity contribution in [2.75, 3.05) is 33.0 Å². The number of aromatic nitrogens is 2. The van der Waals surface area contributed by atoms with Gasteiger partial charge in [0.2, 0.25) is 5.91 Å². The first kappa shape index (κ1) is 16.7. The molecule has 0 aromatic carbocycles. The quantitative estimate of drug-likeness (QED) is 0.780. The molecule has 0 spiro atoms. The maximum atomic E-state index is 12.3. The zero-order valence-corrected chi connectivity index (χ0v) is 14.3. The van der Waals surface area contributed by atoms with E-state index in [0.29, 0.717) is 24.8 Å². The Labute approximate surface area is 133 Å². The van der Waals surface area contributed by atoms with Gasteiger partial charge in [-0.15, -0.1) is 10.2 Å². The molecule has 1 fully saturated rings. The molecule has 0 saturated carbocycles. The number of aliphatic hydroxyl groups is 1. The van der Waals surface area contributed by atoms with E-state index >= 15 is 0 Å². The van der Waals surface area contributed by atoms with E-state index in [4.69, 9.17) is 0 Å². The van der Waals surface area contributed by atoms with Crippen LogP contribution in [0.4, 0.5) is 0 Å². The van der Waals surface area contributed by atoms with Gasteiger partial charge < -0.3 is 14.9 Å². The highest BCUT2D eigenvalue weighted by Gasteiger charge is 2.35. The van der Waals surface area contributed by atoms with Crippen molar-refractivity contribution < 1.29 is 9.90 Å². The molecule has 1 saturated heterocycles. The first-order valence-electron chi connectivity index (χ1n) is 7.01. The highest BCUT2D eigenvalue weighted by Crippen LogP contribution is 2.25. The fraction of sp³-hybridized carbons (Fsp3) is 0.769. The summed E-state index contributed by atoms with van der Waals surface area (Å²) < 4.78 is 0.909. The summed E-state index contributed by atoms with van der Waals surface area (Å²) in [5.41, 5.74) is 0. The van der Waals surface area contributed by atoms with Gasteiger partial charge in [-0.1, -0.05) is 23.1 Å². The molecule has 0 unspecified atom stereocenters. The molecule has 1 aliphatic rings. The smallest absolute Gasteiger partial charge is 0.223 e. The van der Waals surface area contributed by atoms with E-state index in [-0.39, 0.29) is 18.6 Å². The van der Waals surface area contributed by atoms with Gasteiger partial charge in [0, 0.05) is 24.8 Å². The number of rotatable bonds is 6. The summed E-state index contributed by atoms with van der Waals surface area (Å²) in [5.74, 6) is 0.821. The van der Waals surface area contributed by atoms with Gasteiger partial charge in [-0.05, 0) is 27.4 Å². The molecule has 2 heterocycles. The first-order chi connectivity index (χ1) is 10.0. The third-order valence-corrected chi connectivity index (χ3v) is 5.68. The maximum Gasteiger partial charge on any atom is 0.223 e. The van der Waals surface area contributed by atoms with Crippen LogP contribution in [0.5, 0.6) is 0 Å². The Bertz CT molecular complexity index is 480. The molecule has 1 aromatic rings. The van der Waals surface area contributed by atoms with Gasteiger partial charge in [-0.2, -0.15) is 0 Å². The SMILES string of the molecule is Cc1nnc(SCCC(=O)N2C[C@H](N(C)C)C[C@H]2CO)s1. The van der Waals surface area contributed by atoms with E-state index in [1.54, 1.807) is 23.1 Å². The molecule has 0 aliphatic carbocycles. The Morgan fingerprint density at radius 1 is 1.52 bits per heavy atom. The lowest BCUT2D eigenvalue weighted by atomic mass is 10.1. The Morgan fingerprint density at radius 2 is 2.29 bits per heavy atom. The van der Waals surface area contributed by atoms with Crippen molar-refractivity contribution in [2.45, 2.75) is 36.2 Å². The van der Waals surface area contributed by atoms with Crippen LogP contribution in [0.15, 0.2) is 4.34 Å². The van der Waals surface area contributed by atoms with E-state index in [1.165, 1.54) is 0 Å². The molecule has 6 nitrogen and oxygen atoms in total. The maximum absolute atomic E-state index is 12.3. The number of hydrogen-bond donors (Lipinski definition) is 1. The van der Waals surface area contributed by atoms with Crippen LogP contribution < -0.4 is 0 Å². The summed E-state index contributed by atoms with van der Waals surface area (Å²) in [6.45, 7) is 2.67. The standard InChI is InChI=1S/C13H22N4O2S2/c1-9-14-15-13(21-9)20-5-4-12(19)17-7-10(16(2)3)6-11(17)8-18/h10-11,18H,4-8H2,1-3H3/t10-,11+/m1/s1. The van der Waals surface area contributed by atoms with E-state index in [0.717, 1.165) is 15.8 Å². The minimum atomic E-state index is -0.0429. The zero-order valence-electron chi connectivity index (χ0n) is 12.7. The second kappa shape index (κ2) is 7.53. The van der Waals surface area contributed by atoms with Crippen molar-refractivity contribution in [1.29, 1.82) is 0 Å². The number of likely N-dealkylation sites (tertiary alicyclic amines) is 1. The lowest BCUT2D eigenvalue weighted by Gasteiger charge is -2.23. The lowest BCUT2D eigenvalue weighted by molar-refractivity contribution is -0.132. The van der Waals surface area contributed by atoms with Crippen LogP contribution in [-0.4, -0.2) is 76.1 Å². The van der Waals surface area contributed by atoms with E-state index in [1.807, 2.05) is 25.9 Å². The first-order valence-corrected chi connectivity index (χ1v) is 8.81. The number of amides is 1. The third kappa shape index (κ3) is 4.38. The van der Waals surface area contributed by atoms with E-state index in [9.17, 15) is 9.90 Å². The second-order valence-corrected chi connectivity index (χ2v) is 7.94. The number of hydrogen-bond acceptors (Lipinski definition) is 7. The number of carbonyl (C=O) groups is 1. The summed E-state index contributed by atoms with van der Waals surface area (Å²) in [5, 5.41) is 18.4. The number of thioether (sulfide) groups is 1. The molecular weight excluding hydrogens is 308 g/mol. The van der Waals surface area contributed by atoms with Crippen LogP contribution in [0.25, 0.3) is 0 Å². The molecular formula is C13H22N4O2S2. The Kier molecular flexibility index (Phi) is 5.98. The highest BCUT2D eigenvalue weighted by atomic mass is 32.2. The van der Waals surface area contributed by atoms with Gasteiger partial charge >= 0.3 is 0 Å². The van der Waals surface area contributed by atoms with Crippen molar-refractivity contribution in [3.63, 3.8) is 0 Å². The summed E-state index contributed by atoms with van der Waals surface area (Å²) in [7, 11) is 4.03. The molecule has 1 amide bonds. The molecule has 2 rings (SSSR count). The van der Waals surface area contributed by atoms with Crippen LogP contribution in [0.3, 0.4) is 0 Å². The van der Waals surface area contributed by atoms with E-state index in [2.05, 4.69) is 15.1 Å². The number of likely N-dealkylation sites (N-methyl/N-ethyl adjacent to an activating group) is 1. The van der Waals surface area contributed by atoms with Crippen LogP contribution in [-0.2, 0) is 4.79 Å². The summed E-state index contributed by atoms with van der Waals surface area (Å²) in [4.78, 5) is 16.3. The number of aliphatic hydroxyl groups excluding tert-OH is 1. The normalized spacial score (nSPS) is 22.2. The zero-order chi connectivity index (χ0) is 15.4. The topological polar surface area (TPSA) is 69.6 Å². The van der Waals surface area contributed by atoms with Crippen LogP contribution in [0.1, 0.15) is 17.8 Å². The van der Waals surface area contributed by atoms with Gasteiger partial charge in [-0.25, -0.2) is 0 Å². The summed E-state index contributed by atoms with van der Waals surface area (Å²) in [6, 6.07) is 0.295. The average molecular weight is 330 g/mol. The second-order valence-electron chi connectivity index (χ2n) is 5.42. The Hall–Kier alpha value is -0.700. The fourth-order valence-corrected chi connectivity index (χ4v) is 4.26. The molecule has 8 heteroatoms. The van der Waals surface area contributed by atoms with Crippen LogP contribution >= 0.6 is 23.1 Å². The van der Waals surface area contributed by atoms with Gasteiger partial charge in [0.1, 0.15) is 5.01 Å². The number of carbonyl (C=O) groups excluding carboxylic acids is 1. The minimum absolute atomic E-state index is 0.0405. The Morgan fingerprint density at radius 3 is 2.86 bits per heavy atom. The molecule has 1 N–H and O–H groups in total. The number of nitrogens with zero attached hydrogens (tertiary/aromatic N) is 4. The summed E-state index contributed by atoms with van der Waals surface area (Å²) >= 11 is 3.12. The third-order valence-electron chi connectivity index (χ3n) is 3.70. The van der Waals surface area contributed by atoms with Crippen molar-refractivity contribution in [2.24, 2.45) is 0 Å². The molecule has 21 heavy (non-hydrogen) atoms. The van der Waals surface area contributed by atoms with Crippen molar-refractivity contribution in [1.82, 2.24) is 20.0 Å². The molecule has 118 valence electrons. The predicted octanol–water partition coefficient (Wildman–Crippen LogP) is 0.852. The van der Waals surface area contributed by atoms with Crippen LogP contribution in [0, 0.1) is 6.92 Å². The monoisotopic (exact) mass is 330 g/mol. The van der Waals surface area contributed by atoms with E-state index < -0.39 is 0 Å². The van der Waals surface area contributed by atoms with Gasteiger partial charge in [0.15, 0.2) is 4.34 Å². The minimum Gasteiger partial charge on any atom is -0.394 e. The fourth-order valence-electron chi connectivity index (χ4n) is 2.45.